The third-order valence-electron chi connectivity index (χ3n) is 5.87. The molecule has 0 spiro atoms. The Labute approximate surface area is 215 Å². The fourth-order valence-corrected chi connectivity index (χ4v) is 4.49. The number of hydrogen-bond acceptors (Lipinski definition) is 12. The fourth-order valence-electron chi connectivity index (χ4n) is 4.49. The normalized spacial score (nSPS) is 24.1. The number of nitrogens with zero attached hydrogens (tertiary/aromatic N) is 3. The van der Waals surface area contributed by atoms with Crippen molar-refractivity contribution in [2.24, 2.45) is 0 Å². The Bertz CT molecular complexity index is 1340. The van der Waals surface area contributed by atoms with Gasteiger partial charge >= 0.3 is 17.9 Å². The molecule has 5 atom stereocenters. The van der Waals surface area contributed by atoms with Gasteiger partial charge < -0.3 is 24.3 Å². The van der Waals surface area contributed by atoms with Gasteiger partial charge in [0.15, 0.2) is 24.1 Å². The molecule has 1 N–H and O–H groups in total. The summed E-state index contributed by atoms with van der Waals surface area (Å²) < 4.78 is 23.0. The van der Waals surface area contributed by atoms with Crippen molar-refractivity contribution in [2.45, 2.75) is 58.3 Å². The van der Waals surface area contributed by atoms with E-state index in [2.05, 4.69) is 15.6 Å². The number of amides is 1. The molecule has 0 radical (unpaired) electrons. The smallest absolute Gasteiger partial charge is 0.303 e. The van der Waals surface area contributed by atoms with Crippen molar-refractivity contribution < 1.29 is 47.7 Å². The second-order valence-corrected chi connectivity index (χ2v) is 8.68. The summed E-state index contributed by atoms with van der Waals surface area (Å²) in [6.07, 6.45) is -5.35. The van der Waals surface area contributed by atoms with Crippen molar-refractivity contribution in [3.8, 4) is 0 Å². The van der Waals surface area contributed by atoms with Gasteiger partial charge in [-0.3, -0.25) is 28.8 Å². The molecule has 1 aromatic heterocycles. The van der Waals surface area contributed by atoms with E-state index < -0.39 is 72.6 Å². The van der Waals surface area contributed by atoms with E-state index >= 15 is 0 Å². The van der Waals surface area contributed by atoms with Gasteiger partial charge in [-0.15, -0.1) is 5.10 Å². The van der Waals surface area contributed by atoms with Crippen molar-refractivity contribution in [2.75, 3.05) is 6.61 Å². The minimum Gasteiger partial charge on any atom is -0.463 e. The second-order valence-electron chi connectivity index (χ2n) is 8.68. The molecule has 200 valence electrons. The summed E-state index contributed by atoms with van der Waals surface area (Å²) in [4.78, 5) is 74.3. The van der Waals surface area contributed by atoms with Crippen LogP contribution in [0.15, 0.2) is 24.3 Å². The van der Waals surface area contributed by atoms with Crippen molar-refractivity contribution >= 4 is 35.4 Å². The van der Waals surface area contributed by atoms with Crippen LogP contribution >= 0.6 is 0 Å². The first-order chi connectivity index (χ1) is 18.0. The number of ketones is 2. The van der Waals surface area contributed by atoms with Crippen molar-refractivity contribution in [3.05, 3.63) is 46.8 Å². The first-order valence-corrected chi connectivity index (χ1v) is 11.5. The number of carbonyl (C=O) groups is 6. The minimum atomic E-state index is -1.41. The summed E-state index contributed by atoms with van der Waals surface area (Å²) in [5.74, 6) is -3.92. The molecule has 2 aromatic rings. The van der Waals surface area contributed by atoms with Gasteiger partial charge in [0, 0.05) is 38.8 Å². The van der Waals surface area contributed by atoms with Crippen LogP contribution in [0.3, 0.4) is 0 Å². The molecule has 4 rings (SSSR count). The molecule has 14 nitrogen and oxygen atoms in total. The SMILES string of the molecule is CC(=O)N[C@@H]1[C@@H](OC(C)=O)[C@H](OC(C)=O)[C@@H](COC(C)=O)O[C@H]1n1nnc2c1C(=O)c1ccccc1C2=O. The summed E-state index contributed by atoms with van der Waals surface area (Å²) in [7, 11) is 0. The summed E-state index contributed by atoms with van der Waals surface area (Å²) in [6, 6.07) is 4.89. The Hall–Kier alpha value is -4.46. The van der Waals surface area contributed by atoms with E-state index in [1.807, 2.05) is 0 Å². The maximum atomic E-state index is 13.5. The van der Waals surface area contributed by atoms with E-state index in [0.717, 1.165) is 25.5 Å². The Morgan fingerprint density at radius 1 is 0.921 bits per heavy atom. The zero-order chi connectivity index (χ0) is 27.7. The third-order valence-corrected chi connectivity index (χ3v) is 5.87. The molecule has 1 fully saturated rings. The Balaban J connectivity index is 1.85. The Kier molecular flexibility index (Phi) is 7.35. The van der Waals surface area contributed by atoms with Crippen LogP contribution in [0.25, 0.3) is 0 Å². The number of esters is 3. The maximum Gasteiger partial charge on any atom is 0.303 e. The van der Waals surface area contributed by atoms with Crippen LogP contribution in [0.4, 0.5) is 0 Å². The Morgan fingerprint density at radius 3 is 2.11 bits per heavy atom. The van der Waals surface area contributed by atoms with E-state index in [-0.39, 0.29) is 22.5 Å². The average molecular weight is 528 g/mol. The quantitative estimate of drug-likeness (QED) is 0.331. The number of rotatable bonds is 6. The highest BCUT2D eigenvalue weighted by Crippen LogP contribution is 2.35. The van der Waals surface area contributed by atoms with Crippen LogP contribution < -0.4 is 5.32 Å². The van der Waals surface area contributed by atoms with E-state index in [1.54, 1.807) is 12.1 Å². The van der Waals surface area contributed by atoms with Crippen molar-refractivity contribution in [3.63, 3.8) is 0 Å². The average Bonchev–Trinajstić information content (AvgIpc) is 3.28. The highest BCUT2D eigenvalue weighted by atomic mass is 16.6. The Morgan fingerprint density at radius 2 is 1.53 bits per heavy atom. The number of aromatic nitrogens is 3. The molecule has 1 aromatic carbocycles. The van der Waals surface area contributed by atoms with Gasteiger partial charge in [-0.05, 0) is 0 Å². The molecule has 0 bridgehead atoms. The lowest BCUT2D eigenvalue weighted by molar-refractivity contribution is -0.239. The van der Waals surface area contributed by atoms with Crippen LogP contribution in [0, 0.1) is 0 Å². The van der Waals surface area contributed by atoms with Crippen LogP contribution in [0.1, 0.15) is 66.0 Å². The molecule has 1 saturated heterocycles. The highest BCUT2D eigenvalue weighted by Gasteiger charge is 2.53. The first kappa shape index (κ1) is 26.6. The predicted molar refractivity (Wildman–Crippen MR) is 123 cm³/mol. The van der Waals surface area contributed by atoms with Gasteiger partial charge in [-0.1, -0.05) is 29.5 Å². The van der Waals surface area contributed by atoms with Crippen LogP contribution in [0.5, 0.6) is 0 Å². The van der Waals surface area contributed by atoms with Gasteiger partial charge in [0.1, 0.15) is 24.4 Å². The molecule has 0 unspecified atom stereocenters. The third kappa shape index (κ3) is 5.02. The topological polar surface area (TPSA) is 182 Å². The van der Waals surface area contributed by atoms with E-state index in [1.165, 1.54) is 19.1 Å². The molecular formula is C24H24N4O10. The molecule has 38 heavy (non-hydrogen) atoms. The van der Waals surface area contributed by atoms with E-state index in [0.29, 0.717) is 0 Å². The van der Waals surface area contributed by atoms with E-state index in [4.69, 9.17) is 18.9 Å². The lowest BCUT2D eigenvalue weighted by Gasteiger charge is -2.45. The summed E-state index contributed by atoms with van der Waals surface area (Å²) in [5.41, 5.74) is -0.180. The molecule has 2 heterocycles. The van der Waals surface area contributed by atoms with Crippen LogP contribution in [0.2, 0.25) is 0 Å². The number of benzene rings is 1. The monoisotopic (exact) mass is 528 g/mol. The molecule has 14 heteroatoms. The highest BCUT2D eigenvalue weighted by molar-refractivity contribution is 6.26. The lowest BCUT2D eigenvalue weighted by Crippen LogP contribution is -2.64. The van der Waals surface area contributed by atoms with Gasteiger partial charge in [0.2, 0.25) is 17.5 Å². The lowest BCUT2D eigenvalue weighted by atomic mass is 9.89. The molecule has 0 saturated carbocycles. The van der Waals surface area contributed by atoms with Gasteiger partial charge in [-0.25, -0.2) is 4.68 Å². The predicted octanol–water partition coefficient (Wildman–Crippen LogP) is -0.118. The second kappa shape index (κ2) is 10.5. The van der Waals surface area contributed by atoms with Crippen LogP contribution in [-0.2, 0) is 38.1 Å². The number of fused-ring (bicyclic) bond motifs is 2. The number of nitrogens with one attached hydrogen (secondary N) is 1. The molecule has 2 aliphatic rings. The van der Waals surface area contributed by atoms with Gasteiger partial charge in [0.05, 0.1) is 0 Å². The van der Waals surface area contributed by atoms with Gasteiger partial charge in [0.25, 0.3) is 0 Å². The van der Waals surface area contributed by atoms with Crippen molar-refractivity contribution in [1.29, 1.82) is 0 Å². The largest absolute Gasteiger partial charge is 0.463 e. The van der Waals surface area contributed by atoms with Crippen molar-refractivity contribution in [1.82, 2.24) is 20.3 Å². The summed E-state index contributed by atoms with van der Waals surface area (Å²) >= 11 is 0. The molecule has 1 amide bonds. The number of hydrogen-bond donors (Lipinski definition) is 1. The van der Waals surface area contributed by atoms with Gasteiger partial charge in [-0.2, -0.15) is 0 Å². The number of carbonyl (C=O) groups excluding carboxylic acids is 6. The standard InChI is InChI=1S/C24H24N4O10/c1-10(29)25-18-23(37-13(4)32)22(36-12(3)31)16(9-35-11(2)30)38-24(18)28-19-17(26-27-28)20(33)14-7-5-6-8-15(14)21(19)34/h5-8,16,18,22-24H,9H2,1-4H3,(H,25,29)/t16-,18-,22-,23-,24-/m1/s1. The molecule has 1 aliphatic heterocycles. The molecule has 1 aliphatic carbocycles. The maximum absolute atomic E-state index is 13.5. The van der Waals surface area contributed by atoms with Crippen LogP contribution in [-0.4, -0.2) is 81.3 Å². The van der Waals surface area contributed by atoms with E-state index in [9.17, 15) is 28.8 Å². The molecular weight excluding hydrogens is 504 g/mol. The first-order valence-electron chi connectivity index (χ1n) is 11.5. The fraction of sp³-hybridized carbons (Fsp3) is 0.417. The minimum absolute atomic E-state index is 0.117. The zero-order valence-electron chi connectivity index (χ0n) is 20.8. The number of ether oxygens (including phenoxy) is 4. The summed E-state index contributed by atoms with van der Waals surface area (Å²) in [5, 5.41) is 10.5. The zero-order valence-corrected chi connectivity index (χ0v) is 20.8. The summed E-state index contributed by atoms with van der Waals surface area (Å²) in [6.45, 7) is 4.12.